The summed E-state index contributed by atoms with van der Waals surface area (Å²) in [4.78, 5) is 11.8. The first-order chi connectivity index (χ1) is 8.56. The lowest BCUT2D eigenvalue weighted by molar-refractivity contribution is -0.122. The van der Waals surface area contributed by atoms with E-state index in [1.165, 1.54) is 6.07 Å². The average Bonchev–Trinajstić information content (AvgIpc) is 2.38. The summed E-state index contributed by atoms with van der Waals surface area (Å²) in [7, 11) is 0. The van der Waals surface area contributed by atoms with Crippen LogP contribution in [0.25, 0.3) is 0 Å². The minimum Gasteiger partial charge on any atom is -0.393 e. The lowest BCUT2D eigenvalue weighted by Crippen LogP contribution is -2.31. The summed E-state index contributed by atoms with van der Waals surface area (Å²) in [6.07, 6.45) is 0.791. The molecule has 0 spiro atoms. The molecule has 1 rings (SSSR count). The van der Waals surface area contributed by atoms with Crippen LogP contribution < -0.4 is 5.32 Å². The van der Waals surface area contributed by atoms with Gasteiger partial charge in [0, 0.05) is 6.54 Å². The first-order valence-electron chi connectivity index (χ1n) is 6.26. The van der Waals surface area contributed by atoms with E-state index in [1.807, 2.05) is 6.92 Å². The van der Waals surface area contributed by atoms with Gasteiger partial charge in [0.2, 0.25) is 5.91 Å². The second-order valence-corrected chi connectivity index (χ2v) is 4.38. The molecule has 0 aliphatic carbocycles. The van der Waals surface area contributed by atoms with Gasteiger partial charge in [0.1, 0.15) is 5.82 Å². The van der Waals surface area contributed by atoms with Crippen LogP contribution in [0.15, 0.2) is 24.3 Å². The number of hydrogen-bond donors (Lipinski definition) is 2. The van der Waals surface area contributed by atoms with Crippen molar-refractivity contribution >= 4 is 5.91 Å². The van der Waals surface area contributed by atoms with Crippen molar-refractivity contribution in [2.75, 3.05) is 6.54 Å². The maximum Gasteiger partial charge on any atom is 0.227 e. The van der Waals surface area contributed by atoms with Gasteiger partial charge in [0.25, 0.3) is 0 Å². The van der Waals surface area contributed by atoms with Crippen LogP contribution in [0.1, 0.15) is 38.2 Å². The number of benzene rings is 1. The van der Waals surface area contributed by atoms with E-state index in [9.17, 15) is 14.3 Å². The average molecular weight is 253 g/mol. The fourth-order valence-electron chi connectivity index (χ4n) is 1.69. The molecule has 1 aromatic rings. The van der Waals surface area contributed by atoms with E-state index in [0.29, 0.717) is 24.9 Å². The molecule has 3 nitrogen and oxygen atoms in total. The number of aliphatic hydroxyl groups excluding tert-OH is 1. The molecule has 1 aromatic carbocycles. The first-order valence-corrected chi connectivity index (χ1v) is 6.26. The van der Waals surface area contributed by atoms with Gasteiger partial charge in [-0.15, -0.1) is 0 Å². The Morgan fingerprint density at radius 1 is 1.44 bits per heavy atom. The van der Waals surface area contributed by atoms with Gasteiger partial charge in [-0.05, 0) is 31.4 Å². The molecule has 0 aliphatic rings. The van der Waals surface area contributed by atoms with E-state index in [1.54, 1.807) is 25.1 Å². The van der Waals surface area contributed by atoms with Gasteiger partial charge in [-0.3, -0.25) is 4.79 Å². The normalized spacial score (nSPS) is 14.0. The zero-order valence-electron chi connectivity index (χ0n) is 10.8. The molecular weight excluding hydrogens is 233 g/mol. The van der Waals surface area contributed by atoms with Crippen LogP contribution in [0.2, 0.25) is 0 Å². The van der Waals surface area contributed by atoms with Gasteiger partial charge >= 0.3 is 0 Å². The van der Waals surface area contributed by atoms with Crippen LogP contribution in [0.5, 0.6) is 0 Å². The molecule has 0 aliphatic heterocycles. The fraction of sp³-hybridized carbons (Fsp3) is 0.500. The molecule has 4 heteroatoms. The van der Waals surface area contributed by atoms with E-state index >= 15 is 0 Å². The van der Waals surface area contributed by atoms with Crippen LogP contribution in [-0.2, 0) is 4.79 Å². The second-order valence-electron chi connectivity index (χ2n) is 4.38. The van der Waals surface area contributed by atoms with Gasteiger partial charge in [0.15, 0.2) is 0 Å². The fourth-order valence-corrected chi connectivity index (χ4v) is 1.69. The standard InChI is InChI=1S/C14H20FNO2/c1-3-11(17)8-9-16-14(18)10(2)12-6-4-5-7-13(12)15/h4-7,10-11,17H,3,8-9H2,1-2H3,(H,16,18). The molecule has 0 heterocycles. The van der Waals surface area contributed by atoms with Gasteiger partial charge < -0.3 is 10.4 Å². The number of nitrogens with one attached hydrogen (secondary N) is 1. The Balaban J connectivity index is 2.49. The smallest absolute Gasteiger partial charge is 0.227 e. The van der Waals surface area contributed by atoms with Gasteiger partial charge in [-0.25, -0.2) is 4.39 Å². The Bertz CT molecular complexity index is 395. The number of amides is 1. The molecule has 0 radical (unpaired) electrons. The summed E-state index contributed by atoms with van der Waals surface area (Å²) in [6, 6.07) is 6.27. The highest BCUT2D eigenvalue weighted by Gasteiger charge is 2.18. The molecule has 0 aromatic heterocycles. The summed E-state index contributed by atoms with van der Waals surface area (Å²) >= 11 is 0. The molecule has 0 fully saturated rings. The number of carbonyl (C=O) groups excluding carboxylic acids is 1. The Morgan fingerprint density at radius 2 is 2.11 bits per heavy atom. The van der Waals surface area contributed by atoms with E-state index in [4.69, 9.17) is 0 Å². The minimum absolute atomic E-state index is 0.219. The molecule has 18 heavy (non-hydrogen) atoms. The number of aliphatic hydroxyl groups is 1. The highest BCUT2D eigenvalue weighted by atomic mass is 19.1. The van der Waals surface area contributed by atoms with Gasteiger partial charge in [0.05, 0.1) is 12.0 Å². The predicted molar refractivity (Wildman–Crippen MR) is 68.7 cm³/mol. The highest BCUT2D eigenvalue weighted by molar-refractivity contribution is 5.83. The molecular formula is C14H20FNO2. The quantitative estimate of drug-likeness (QED) is 0.816. The third-order valence-corrected chi connectivity index (χ3v) is 3.01. The molecule has 1 amide bonds. The third kappa shape index (κ3) is 4.11. The van der Waals surface area contributed by atoms with Crippen LogP contribution in [0.3, 0.4) is 0 Å². The van der Waals surface area contributed by atoms with Crippen molar-refractivity contribution in [2.24, 2.45) is 0 Å². The maximum absolute atomic E-state index is 13.5. The number of hydrogen-bond acceptors (Lipinski definition) is 2. The SMILES string of the molecule is CCC(O)CCNC(=O)C(C)c1ccccc1F. The summed E-state index contributed by atoms with van der Waals surface area (Å²) in [6.45, 7) is 3.96. The summed E-state index contributed by atoms with van der Waals surface area (Å²) in [5, 5.41) is 12.1. The molecule has 2 atom stereocenters. The van der Waals surface area contributed by atoms with Crippen LogP contribution >= 0.6 is 0 Å². The topological polar surface area (TPSA) is 49.3 Å². The first kappa shape index (κ1) is 14.6. The Morgan fingerprint density at radius 3 is 2.72 bits per heavy atom. The zero-order chi connectivity index (χ0) is 13.5. The van der Waals surface area contributed by atoms with E-state index < -0.39 is 12.0 Å². The van der Waals surface area contributed by atoms with Crippen LogP contribution in [0, 0.1) is 5.82 Å². The molecule has 2 unspecified atom stereocenters. The molecule has 0 saturated heterocycles. The maximum atomic E-state index is 13.5. The van der Waals surface area contributed by atoms with Crippen molar-refractivity contribution in [2.45, 2.75) is 38.7 Å². The molecule has 2 N–H and O–H groups in total. The number of halogens is 1. The molecule has 0 saturated carbocycles. The van der Waals surface area contributed by atoms with E-state index in [0.717, 1.165) is 0 Å². The van der Waals surface area contributed by atoms with Crippen molar-refractivity contribution in [3.05, 3.63) is 35.6 Å². The second kappa shape index (κ2) is 7.11. The molecule has 100 valence electrons. The summed E-state index contributed by atoms with van der Waals surface area (Å²) in [5.41, 5.74) is 0.394. The Labute approximate surface area is 107 Å². The third-order valence-electron chi connectivity index (χ3n) is 3.01. The lowest BCUT2D eigenvalue weighted by atomic mass is 10.00. The number of rotatable bonds is 6. The minimum atomic E-state index is -0.523. The predicted octanol–water partition coefficient (Wildman–Crippen LogP) is 2.21. The Hall–Kier alpha value is -1.42. The van der Waals surface area contributed by atoms with Gasteiger partial charge in [-0.2, -0.15) is 0 Å². The number of carbonyl (C=O) groups is 1. The zero-order valence-corrected chi connectivity index (χ0v) is 10.8. The van der Waals surface area contributed by atoms with E-state index in [-0.39, 0.29) is 11.7 Å². The van der Waals surface area contributed by atoms with E-state index in [2.05, 4.69) is 5.32 Å². The van der Waals surface area contributed by atoms with Gasteiger partial charge in [-0.1, -0.05) is 25.1 Å². The summed E-state index contributed by atoms with van der Waals surface area (Å²) < 4.78 is 13.5. The van der Waals surface area contributed by atoms with Crippen LogP contribution in [0.4, 0.5) is 4.39 Å². The van der Waals surface area contributed by atoms with Crippen molar-refractivity contribution in [3.8, 4) is 0 Å². The highest BCUT2D eigenvalue weighted by Crippen LogP contribution is 2.18. The monoisotopic (exact) mass is 253 g/mol. The largest absolute Gasteiger partial charge is 0.393 e. The summed E-state index contributed by atoms with van der Waals surface area (Å²) in [5.74, 6) is -1.11. The van der Waals surface area contributed by atoms with Crippen LogP contribution in [-0.4, -0.2) is 23.7 Å². The van der Waals surface area contributed by atoms with Crippen molar-refractivity contribution in [1.82, 2.24) is 5.32 Å². The molecule has 0 bridgehead atoms. The van der Waals surface area contributed by atoms with Crippen molar-refractivity contribution < 1.29 is 14.3 Å². The van der Waals surface area contributed by atoms with Crippen molar-refractivity contribution in [3.63, 3.8) is 0 Å². The van der Waals surface area contributed by atoms with Crippen molar-refractivity contribution in [1.29, 1.82) is 0 Å². The Kier molecular flexibility index (Phi) is 5.78. The lowest BCUT2D eigenvalue weighted by Gasteiger charge is -2.14.